The molecule has 0 aliphatic heterocycles. The molecule has 2 aromatic rings. The fourth-order valence-corrected chi connectivity index (χ4v) is 2.29. The Hall–Kier alpha value is -2.03. The highest BCUT2D eigenvalue weighted by molar-refractivity contribution is 5.95. The van der Waals surface area contributed by atoms with Crippen LogP contribution >= 0.6 is 0 Å². The largest absolute Gasteiger partial charge is 0.493 e. The van der Waals surface area contributed by atoms with Crippen LogP contribution in [0, 0.1) is 0 Å². The fraction of sp³-hybridized carbons (Fsp3) is 0.421. The Morgan fingerprint density at radius 2 is 1.64 bits per heavy atom. The van der Waals surface area contributed by atoms with Crippen molar-refractivity contribution >= 4 is 17.1 Å². The molecule has 0 saturated carbocycles. The summed E-state index contributed by atoms with van der Waals surface area (Å²) < 4.78 is 11.6. The van der Waals surface area contributed by atoms with Crippen LogP contribution < -0.4 is 9.47 Å². The second-order valence-electron chi connectivity index (χ2n) is 5.39. The summed E-state index contributed by atoms with van der Waals surface area (Å²) in [5.74, 6) is 1.48. The van der Waals surface area contributed by atoms with Gasteiger partial charge in [-0.3, -0.25) is 4.79 Å². The molecular formula is C19H24O3. The van der Waals surface area contributed by atoms with Crippen molar-refractivity contribution in [3.05, 3.63) is 35.9 Å². The van der Waals surface area contributed by atoms with Crippen molar-refractivity contribution in [2.45, 2.75) is 39.5 Å². The van der Waals surface area contributed by atoms with Gasteiger partial charge in [0.15, 0.2) is 6.29 Å². The molecule has 0 unspecified atom stereocenters. The summed E-state index contributed by atoms with van der Waals surface area (Å²) in [6, 6.07) is 9.74. The topological polar surface area (TPSA) is 35.5 Å². The van der Waals surface area contributed by atoms with Crippen LogP contribution in [-0.2, 0) is 0 Å². The fourth-order valence-electron chi connectivity index (χ4n) is 2.29. The average molecular weight is 300 g/mol. The lowest BCUT2D eigenvalue weighted by Crippen LogP contribution is -2.01. The normalized spacial score (nSPS) is 10.6. The molecule has 3 heteroatoms. The zero-order valence-electron chi connectivity index (χ0n) is 13.4. The van der Waals surface area contributed by atoms with Gasteiger partial charge < -0.3 is 9.47 Å². The van der Waals surface area contributed by atoms with Crippen LogP contribution in [-0.4, -0.2) is 19.5 Å². The number of fused-ring (bicyclic) bond motifs is 1. The van der Waals surface area contributed by atoms with E-state index in [-0.39, 0.29) is 0 Å². The number of benzene rings is 2. The van der Waals surface area contributed by atoms with Gasteiger partial charge in [-0.05, 0) is 36.4 Å². The van der Waals surface area contributed by atoms with Crippen LogP contribution in [0.3, 0.4) is 0 Å². The van der Waals surface area contributed by atoms with Crippen LogP contribution in [0.25, 0.3) is 10.8 Å². The number of unbranched alkanes of at least 4 members (excludes halogenated alkanes) is 2. The van der Waals surface area contributed by atoms with Crippen molar-refractivity contribution in [2.24, 2.45) is 0 Å². The lowest BCUT2D eigenvalue weighted by Gasteiger charge is -2.13. The van der Waals surface area contributed by atoms with E-state index in [0.29, 0.717) is 24.5 Å². The monoisotopic (exact) mass is 300 g/mol. The lowest BCUT2D eigenvalue weighted by atomic mass is 10.1. The molecule has 22 heavy (non-hydrogen) atoms. The summed E-state index contributed by atoms with van der Waals surface area (Å²) in [6.45, 7) is 5.58. The molecule has 0 atom stereocenters. The Balaban J connectivity index is 2.31. The minimum atomic E-state index is 0.579. The lowest BCUT2D eigenvalue weighted by molar-refractivity contribution is 0.111. The molecule has 2 rings (SSSR count). The molecule has 0 fully saturated rings. The van der Waals surface area contributed by atoms with Crippen LogP contribution in [0.2, 0.25) is 0 Å². The predicted octanol–water partition coefficient (Wildman–Crippen LogP) is 5.01. The maximum Gasteiger partial charge on any atom is 0.153 e. The highest BCUT2D eigenvalue weighted by Crippen LogP contribution is 2.31. The molecule has 2 aromatic carbocycles. The molecule has 0 amide bonds. The van der Waals surface area contributed by atoms with Gasteiger partial charge in [0.2, 0.25) is 0 Å². The average Bonchev–Trinajstić information content (AvgIpc) is 2.55. The van der Waals surface area contributed by atoms with E-state index in [2.05, 4.69) is 13.8 Å². The van der Waals surface area contributed by atoms with Gasteiger partial charge in [0.1, 0.15) is 11.5 Å². The molecule has 0 heterocycles. The summed E-state index contributed by atoms with van der Waals surface area (Å²) in [7, 11) is 0. The van der Waals surface area contributed by atoms with Crippen molar-refractivity contribution in [1.29, 1.82) is 0 Å². The van der Waals surface area contributed by atoms with E-state index in [1.54, 1.807) is 0 Å². The van der Waals surface area contributed by atoms with E-state index in [1.807, 2.05) is 30.3 Å². The van der Waals surface area contributed by atoms with E-state index in [1.165, 1.54) is 0 Å². The van der Waals surface area contributed by atoms with Gasteiger partial charge in [0.25, 0.3) is 0 Å². The molecule has 118 valence electrons. The molecule has 0 aliphatic rings. The van der Waals surface area contributed by atoms with E-state index in [0.717, 1.165) is 48.5 Å². The molecule has 0 aliphatic carbocycles. The third-order valence-corrected chi connectivity index (χ3v) is 3.61. The van der Waals surface area contributed by atoms with E-state index < -0.39 is 0 Å². The first kappa shape index (κ1) is 16.3. The zero-order valence-corrected chi connectivity index (χ0v) is 13.4. The van der Waals surface area contributed by atoms with Crippen molar-refractivity contribution in [3.8, 4) is 11.5 Å². The van der Waals surface area contributed by atoms with Gasteiger partial charge in [-0.25, -0.2) is 0 Å². The van der Waals surface area contributed by atoms with E-state index in [4.69, 9.17) is 9.47 Å². The van der Waals surface area contributed by atoms with Gasteiger partial charge in [-0.1, -0.05) is 38.8 Å². The van der Waals surface area contributed by atoms with Crippen molar-refractivity contribution in [3.63, 3.8) is 0 Å². The number of ether oxygens (including phenoxy) is 2. The number of carbonyl (C=O) groups excluding carboxylic acids is 1. The molecule has 3 nitrogen and oxygen atoms in total. The van der Waals surface area contributed by atoms with Gasteiger partial charge in [0, 0.05) is 5.39 Å². The molecule has 0 aromatic heterocycles. The first-order valence-electron chi connectivity index (χ1n) is 8.07. The highest BCUT2D eigenvalue weighted by Gasteiger charge is 2.09. The van der Waals surface area contributed by atoms with Crippen molar-refractivity contribution < 1.29 is 14.3 Å². The summed E-state index contributed by atoms with van der Waals surface area (Å²) in [6.07, 6.45) is 5.02. The Kier molecular flexibility index (Phi) is 6.26. The molecule has 0 radical (unpaired) electrons. The first-order chi connectivity index (χ1) is 10.8. The second kappa shape index (κ2) is 8.42. The van der Waals surface area contributed by atoms with E-state index >= 15 is 0 Å². The number of hydrogen-bond acceptors (Lipinski definition) is 3. The third-order valence-electron chi connectivity index (χ3n) is 3.61. The molecular weight excluding hydrogens is 276 g/mol. The molecule has 0 N–H and O–H groups in total. The predicted molar refractivity (Wildman–Crippen MR) is 90.1 cm³/mol. The van der Waals surface area contributed by atoms with Crippen LogP contribution in [0.5, 0.6) is 11.5 Å². The zero-order chi connectivity index (χ0) is 15.8. The third kappa shape index (κ3) is 4.00. The SMILES string of the molecule is CCCCOc1cc2cccc(OCCCC)c2cc1C=O. The molecule has 0 saturated heterocycles. The van der Waals surface area contributed by atoms with Crippen molar-refractivity contribution in [2.75, 3.05) is 13.2 Å². The Bertz CT molecular complexity index is 619. The van der Waals surface area contributed by atoms with Crippen LogP contribution in [0.15, 0.2) is 30.3 Å². The van der Waals surface area contributed by atoms with E-state index in [9.17, 15) is 4.79 Å². The van der Waals surface area contributed by atoms with Gasteiger partial charge in [-0.15, -0.1) is 0 Å². The molecule has 0 bridgehead atoms. The maximum absolute atomic E-state index is 11.4. The smallest absolute Gasteiger partial charge is 0.153 e. The minimum Gasteiger partial charge on any atom is -0.493 e. The minimum absolute atomic E-state index is 0.579. The summed E-state index contributed by atoms with van der Waals surface area (Å²) in [5, 5.41) is 2.00. The maximum atomic E-state index is 11.4. The Morgan fingerprint density at radius 1 is 0.955 bits per heavy atom. The number of rotatable bonds is 9. The summed E-state index contributed by atoms with van der Waals surface area (Å²) in [5.41, 5.74) is 0.579. The number of hydrogen-bond donors (Lipinski definition) is 0. The van der Waals surface area contributed by atoms with Crippen LogP contribution in [0.1, 0.15) is 49.9 Å². The summed E-state index contributed by atoms with van der Waals surface area (Å²) in [4.78, 5) is 11.4. The highest BCUT2D eigenvalue weighted by atomic mass is 16.5. The Labute approximate surface area is 132 Å². The van der Waals surface area contributed by atoms with Gasteiger partial charge in [-0.2, -0.15) is 0 Å². The van der Waals surface area contributed by atoms with Crippen molar-refractivity contribution in [1.82, 2.24) is 0 Å². The second-order valence-corrected chi connectivity index (χ2v) is 5.39. The van der Waals surface area contributed by atoms with Gasteiger partial charge >= 0.3 is 0 Å². The molecule has 0 spiro atoms. The Morgan fingerprint density at radius 3 is 2.27 bits per heavy atom. The summed E-state index contributed by atoms with van der Waals surface area (Å²) >= 11 is 0. The van der Waals surface area contributed by atoms with Crippen LogP contribution in [0.4, 0.5) is 0 Å². The first-order valence-corrected chi connectivity index (χ1v) is 8.07. The quantitative estimate of drug-likeness (QED) is 0.482. The standard InChI is InChI=1S/C19H24O3/c1-3-5-10-21-18-9-7-8-15-13-19(22-11-6-4-2)16(14-20)12-17(15)18/h7-9,12-14H,3-6,10-11H2,1-2H3. The number of carbonyl (C=O) groups is 1. The number of aldehydes is 1. The van der Waals surface area contributed by atoms with Gasteiger partial charge in [0.05, 0.1) is 18.8 Å².